The maximum absolute atomic E-state index is 5.22. The topological polar surface area (TPSA) is 51.0 Å². The summed E-state index contributed by atoms with van der Waals surface area (Å²) in [5, 5.41) is 7.29. The Labute approximate surface area is 99.0 Å². The molecule has 2 aliphatic carbocycles. The van der Waals surface area contributed by atoms with Gasteiger partial charge in [-0.3, -0.25) is 0 Å². The molecule has 0 radical (unpaired) electrons. The molecule has 2 aliphatic rings. The first-order valence-electron chi connectivity index (χ1n) is 6.08. The van der Waals surface area contributed by atoms with E-state index in [9.17, 15) is 0 Å². The molecule has 1 atom stereocenters. The Balaban J connectivity index is 1.58. The number of fused-ring (bicyclic) bond motifs is 1. The van der Waals surface area contributed by atoms with Crippen LogP contribution in [0.5, 0.6) is 0 Å². The third-order valence-electron chi connectivity index (χ3n) is 3.51. The Morgan fingerprint density at radius 3 is 2.94 bits per heavy atom. The van der Waals surface area contributed by atoms with Crippen LogP contribution in [-0.4, -0.2) is 16.2 Å². The van der Waals surface area contributed by atoms with E-state index in [2.05, 4.69) is 39.7 Å². The lowest BCUT2D eigenvalue weighted by atomic mass is 9.77. The Bertz CT molecular complexity index is 559. The number of benzene rings is 1. The Morgan fingerprint density at radius 1 is 1.24 bits per heavy atom. The van der Waals surface area contributed by atoms with E-state index in [0.29, 0.717) is 18.0 Å². The number of anilines is 1. The third-order valence-corrected chi connectivity index (χ3v) is 3.51. The van der Waals surface area contributed by atoms with Crippen molar-refractivity contribution in [2.75, 3.05) is 5.32 Å². The van der Waals surface area contributed by atoms with Gasteiger partial charge in [0.1, 0.15) is 0 Å². The second kappa shape index (κ2) is 3.32. The third kappa shape index (κ3) is 1.52. The Morgan fingerprint density at radius 2 is 2.12 bits per heavy atom. The first-order chi connectivity index (χ1) is 8.40. The summed E-state index contributed by atoms with van der Waals surface area (Å²) in [7, 11) is 0. The van der Waals surface area contributed by atoms with Crippen LogP contribution in [0.1, 0.15) is 35.7 Å². The second-order valence-corrected chi connectivity index (χ2v) is 4.83. The minimum absolute atomic E-state index is 0.324. The van der Waals surface area contributed by atoms with Crippen LogP contribution >= 0.6 is 0 Å². The highest BCUT2D eigenvalue weighted by molar-refractivity contribution is 5.44. The van der Waals surface area contributed by atoms with Crippen LogP contribution in [0.15, 0.2) is 28.8 Å². The van der Waals surface area contributed by atoms with Crippen LogP contribution in [0.4, 0.5) is 6.01 Å². The number of nitrogens with zero attached hydrogens (tertiary/aromatic N) is 2. The fourth-order valence-corrected chi connectivity index (χ4v) is 2.33. The smallest absolute Gasteiger partial charge is 0.321 e. The molecule has 0 aliphatic heterocycles. The monoisotopic (exact) mass is 227 g/mol. The van der Waals surface area contributed by atoms with Crippen molar-refractivity contribution in [1.29, 1.82) is 0 Å². The van der Waals surface area contributed by atoms with Gasteiger partial charge in [0, 0.05) is 6.04 Å². The van der Waals surface area contributed by atoms with Crippen molar-refractivity contribution in [2.24, 2.45) is 0 Å². The highest BCUT2D eigenvalue weighted by Crippen LogP contribution is 2.38. The summed E-state index contributed by atoms with van der Waals surface area (Å²) in [6, 6.07) is 9.58. The van der Waals surface area contributed by atoms with Gasteiger partial charge in [-0.05, 0) is 30.4 Å². The van der Waals surface area contributed by atoms with E-state index in [0.717, 1.165) is 12.2 Å². The van der Waals surface area contributed by atoms with E-state index in [1.165, 1.54) is 24.0 Å². The van der Waals surface area contributed by atoms with Crippen LogP contribution in [0, 0.1) is 0 Å². The highest BCUT2D eigenvalue weighted by atomic mass is 16.5. The average Bonchev–Trinajstić information content (AvgIpc) is 3.00. The first kappa shape index (κ1) is 9.22. The van der Waals surface area contributed by atoms with Gasteiger partial charge in [-0.25, -0.2) is 0 Å². The molecule has 4 rings (SSSR count). The molecule has 0 amide bonds. The van der Waals surface area contributed by atoms with E-state index < -0.39 is 0 Å². The van der Waals surface area contributed by atoms with Crippen molar-refractivity contribution in [3.05, 3.63) is 41.2 Å². The summed E-state index contributed by atoms with van der Waals surface area (Å²) in [5.41, 5.74) is 2.74. The summed E-state index contributed by atoms with van der Waals surface area (Å²) >= 11 is 0. The largest absolute Gasteiger partial charge is 0.335 e. The lowest BCUT2D eigenvalue weighted by Crippen LogP contribution is -2.19. The zero-order valence-corrected chi connectivity index (χ0v) is 9.39. The molecule has 2 aromatic rings. The van der Waals surface area contributed by atoms with Crippen molar-refractivity contribution in [2.45, 2.75) is 31.2 Å². The SMILES string of the molecule is c1ccc2c(c1)CC2c1noc(NC2CC2)n1. The predicted molar refractivity (Wildman–Crippen MR) is 62.9 cm³/mol. The van der Waals surface area contributed by atoms with Gasteiger partial charge in [-0.2, -0.15) is 4.98 Å². The van der Waals surface area contributed by atoms with E-state index in [1.807, 2.05) is 0 Å². The molecule has 0 saturated heterocycles. The zero-order valence-electron chi connectivity index (χ0n) is 9.39. The lowest BCUT2D eigenvalue weighted by Gasteiger charge is -2.26. The number of hydrogen-bond donors (Lipinski definition) is 1. The molecular weight excluding hydrogens is 214 g/mol. The number of aromatic nitrogens is 2. The van der Waals surface area contributed by atoms with Gasteiger partial charge in [0.15, 0.2) is 5.82 Å². The van der Waals surface area contributed by atoms with Crippen molar-refractivity contribution in [3.8, 4) is 0 Å². The Kier molecular flexibility index (Phi) is 1.80. The molecule has 1 fully saturated rings. The maximum Gasteiger partial charge on any atom is 0.321 e. The second-order valence-electron chi connectivity index (χ2n) is 4.83. The van der Waals surface area contributed by atoms with E-state index in [4.69, 9.17) is 4.52 Å². The van der Waals surface area contributed by atoms with Crippen molar-refractivity contribution in [3.63, 3.8) is 0 Å². The number of rotatable bonds is 3. The summed E-state index contributed by atoms with van der Waals surface area (Å²) in [6.07, 6.45) is 3.45. The number of nitrogens with one attached hydrogen (secondary N) is 1. The molecule has 1 aromatic heterocycles. The normalized spacial score (nSPS) is 21.8. The quantitative estimate of drug-likeness (QED) is 0.874. The lowest BCUT2D eigenvalue weighted by molar-refractivity contribution is 0.416. The van der Waals surface area contributed by atoms with Crippen molar-refractivity contribution in [1.82, 2.24) is 10.1 Å². The minimum atomic E-state index is 0.324. The molecule has 1 aromatic carbocycles. The Hall–Kier alpha value is -1.84. The van der Waals surface area contributed by atoms with E-state index in [-0.39, 0.29) is 0 Å². The standard InChI is InChI=1S/C13H13N3O/c1-2-4-10-8(3-1)7-11(10)12-15-13(17-16-12)14-9-5-6-9/h1-4,9,11H,5-7H2,(H,14,15,16). The molecule has 1 saturated carbocycles. The maximum atomic E-state index is 5.22. The van der Waals surface area contributed by atoms with Gasteiger partial charge in [0.25, 0.3) is 0 Å². The fraction of sp³-hybridized carbons (Fsp3) is 0.385. The summed E-state index contributed by atoms with van der Waals surface area (Å²) < 4.78 is 5.22. The van der Waals surface area contributed by atoms with Gasteiger partial charge in [-0.15, -0.1) is 0 Å². The van der Waals surface area contributed by atoms with Crippen LogP contribution in [0.3, 0.4) is 0 Å². The molecule has 0 bridgehead atoms. The van der Waals surface area contributed by atoms with E-state index in [1.54, 1.807) is 0 Å². The van der Waals surface area contributed by atoms with Crippen LogP contribution in [0.25, 0.3) is 0 Å². The molecule has 1 N–H and O–H groups in total. The molecule has 4 nitrogen and oxygen atoms in total. The number of hydrogen-bond acceptors (Lipinski definition) is 4. The summed E-state index contributed by atoms with van der Waals surface area (Å²) in [5.74, 6) is 1.14. The molecule has 17 heavy (non-hydrogen) atoms. The highest BCUT2D eigenvalue weighted by Gasteiger charge is 2.31. The fourth-order valence-electron chi connectivity index (χ4n) is 2.33. The molecule has 4 heteroatoms. The molecule has 0 spiro atoms. The van der Waals surface area contributed by atoms with Crippen LogP contribution in [0.2, 0.25) is 0 Å². The predicted octanol–water partition coefficient (Wildman–Crippen LogP) is 2.33. The molecule has 1 heterocycles. The summed E-state index contributed by atoms with van der Waals surface area (Å²) in [4.78, 5) is 4.42. The molecule has 86 valence electrons. The minimum Gasteiger partial charge on any atom is -0.335 e. The molecule has 1 unspecified atom stereocenters. The van der Waals surface area contributed by atoms with Gasteiger partial charge in [-0.1, -0.05) is 29.4 Å². The van der Waals surface area contributed by atoms with Gasteiger partial charge in [0.2, 0.25) is 0 Å². The summed E-state index contributed by atoms with van der Waals surface area (Å²) in [6.45, 7) is 0. The first-order valence-corrected chi connectivity index (χ1v) is 6.08. The van der Waals surface area contributed by atoms with Crippen LogP contribution < -0.4 is 5.32 Å². The van der Waals surface area contributed by atoms with Crippen molar-refractivity contribution >= 4 is 6.01 Å². The molecular formula is C13H13N3O. The average molecular weight is 227 g/mol. The van der Waals surface area contributed by atoms with Gasteiger partial charge >= 0.3 is 6.01 Å². The van der Waals surface area contributed by atoms with Gasteiger partial charge in [0.05, 0.1) is 5.92 Å². The van der Waals surface area contributed by atoms with E-state index >= 15 is 0 Å². The van der Waals surface area contributed by atoms with Gasteiger partial charge < -0.3 is 9.84 Å². The van der Waals surface area contributed by atoms with Crippen LogP contribution in [-0.2, 0) is 6.42 Å². The van der Waals surface area contributed by atoms with Crippen molar-refractivity contribution < 1.29 is 4.52 Å². The zero-order chi connectivity index (χ0) is 11.2.